The molecular weight excluding hydrogens is 220 g/mol. The van der Waals surface area contributed by atoms with Gasteiger partial charge < -0.3 is 19.7 Å². The summed E-state index contributed by atoms with van der Waals surface area (Å²) in [7, 11) is 0. The number of aliphatic hydroxyl groups is 2. The van der Waals surface area contributed by atoms with Crippen molar-refractivity contribution in [1.82, 2.24) is 0 Å². The molecular formula is C13H18O4. The van der Waals surface area contributed by atoms with Gasteiger partial charge in [-0.2, -0.15) is 0 Å². The van der Waals surface area contributed by atoms with Gasteiger partial charge in [0.15, 0.2) is 6.29 Å². The van der Waals surface area contributed by atoms with Crippen molar-refractivity contribution >= 4 is 0 Å². The lowest BCUT2D eigenvalue weighted by atomic mass is 10.0. The Balaban J connectivity index is 1.89. The highest BCUT2D eigenvalue weighted by Crippen LogP contribution is 2.22. The third-order valence-electron chi connectivity index (χ3n) is 2.97. The Kier molecular flexibility index (Phi) is 4.12. The number of aliphatic hydroxyl groups excluding tert-OH is 2. The van der Waals surface area contributed by atoms with Crippen LogP contribution in [0.5, 0.6) is 0 Å². The summed E-state index contributed by atoms with van der Waals surface area (Å²) in [6.07, 6.45) is -2.03. The van der Waals surface area contributed by atoms with Gasteiger partial charge in [0.25, 0.3) is 0 Å². The fraction of sp³-hybridized carbons (Fsp3) is 0.538. The molecule has 17 heavy (non-hydrogen) atoms. The van der Waals surface area contributed by atoms with Crippen LogP contribution in [0.3, 0.4) is 0 Å². The van der Waals surface area contributed by atoms with Gasteiger partial charge in [0.05, 0.1) is 18.8 Å². The molecule has 4 atom stereocenters. The van der Waals surface area contributed by atoms with Crippen LogP contribution in [0.1, 0.15) is 18.9 Å². The zero-order chi connectivity index (χ0) is 12.3. The van der Waals surface area contributed by atoms with Crippen LogP contribution >= 0.6 is 0 Å². The molecule has 94 valence electrons. The van der Waals surface area contributed by atoms with E-state index in [2.05, 4.69) is 0 Å². The molecule has 0 saturated carbocycles. The van der Waals surface area contributed by atoms with E-state index in [1.54, 1.807) is 6.92 Å². The van der Waals surface area contributed by atoms with Crippen molar-refractivity contribution in [3.63, 3.8) is 0 Å². The lowest BCUT2D eigenvalue weighted by Crippen LogP contribution is -2.47. The predicted molar refractivity (Wildman–Crippen MR) is 62.2 cm³/mol. The van der Waals surface area contributed by atoms with Crippen LogP contribution in [0.15, 0.2) is 30.3 Å². The summed E-state index contributed by atoms with van der Waals surface area (Å²) in [6, 6.07) is 9.75. The quantitative estimate of drug-likeness (QED) is 0.826. The second-order valence-corrected chi connectivity index (χ2v) is 4.36. The summed E-state index contributed by atoms with van der Waals surface area (Å²) < 4.78 is 10.7. The second kappa shape index (κ2) is 5.60. The van der Waals surface area contributed by atoms with E-state index in [0.717, 1.165) is 5.56 Å². The molecule has 1 saturated heterocycles. The van der Waals surface area contributed by atoms with Crippen LogP contribution in [-0.2, 0) is 16.1 Å². The van der Waals surface area contributed by atoms with E-state index in [-0.39, 0.29) is 6.10 Å². The fourth-order valence-corrected chi connectivity index (χ4v) is 1.97. The van der Waals surface area contributed by atoms with Crippen molar-refractivity contribution in [3.8, 4) is 0 Å². The van der Waals surface area contributed by atoms with Crippen LogP contribution in [0.25, 0.3) is 0 Å². The number of ether oxygens (including phenoxy) is 2. The van der Waals surface area contributed by atoms with Gasteiger partial charge in [-0.3, -0.25) is 0 Å². The maximum absolute atomic E-state index is 9.87. The van der Waals surface area contributed by atoms with Crippen LogP contribution in [0, 0.1) is 0 Å². The molecule has 0 aromatic heterocycles. The first-order valence-electron chi connectivity index (χ1n) is 5.84. The zero-order valence-corrected chi connectivity index (χ0v) is 9.82. The second-order valence-electron chi connectivity index (χ2n) is 4.36. The van der Waals surface area contributed by atoms with Crippen LogP contribution in [0.4, 0.5) is 0 Å². The molecule has 1 fully saturated rings. The minimum atomic E-state index is -0.853. The van der Waals surface area contributed by atoms with Crippen molar-refractivity contribution in [1.29, 1.82) is 0 Å². The Hall–Kier alpha value is -0.940. The summed E-state index contributed by atoms with van der Waals surface area (Å²) in [4.78, 5) is 0. The maximum atomic E-state index is 9.87. The van der Waals surface area contributed by atoms with E-state index in [0.29, 0.717) is 13.0 Å². The summed E-state index contributed by atoms with van der Waals surface area (Å²) in [5.41, 5.74) is 1.05. The molecule has 4 heteroatoms. The normalized spacial score (nSPS) is 33.6. The molecule has 4 nitrogen and oxygen atoms in total. The van der Waals surface area contributed by atoms with Gasteiger partial charge in [-0.25, -0.2) is 0 Å². The monoisotopic (exact) mass is 238 g/mol. The number of benzene rings is 1. The van der Waals surface area contributed by atoms with Crippen molar-refractivity contribution in [2.45, 2.75) is 44.6 Å². The smallest absolute Gasteiger partial charge is 0.157 e. The highest BCUT2D eigenvalue weighted by Gasteiger charge is 2.35. The molecule has 0 aliphatic carbocycles. The molecule has 2 N–H and O–H groups in total. The average molecular weight is 238 g/mol. The van der Waals surface area contributed by atoms with Crippen LogP contribution in [-0.4, -0.2) is 34.8 Å². The first-order chi connectivity index (χ1) is 8.16. The minimum Gasteiger partial charge on any atom is -0.388 e. The third kappa shape index (κ3) is 3.26. The van der Waals surface area contributed by atoms with Gasteiger partial charge in [0.1, 0.15) is 6.10 Å². The van der Waals surface area contributed by atoms with Gasteiger partial charge in [0.2, 0.25) is 0 Å². The van der Waals surface area contributed by atoms with Crippen LogP contribution < -0.4 is 0 Å². The molecule has 0 bridgehead atoms. The average Bonchev–Trinajstić information content (AvgIpc) is 2.33. The zero-order valence-electron chi connectivity index (χ0n) is 9.82. The summed E-state index contributed by atoms with van der Waals surface area (Å²) in [5, 5.41) is 19.3. The fourth-order valence-electron chi connectivity index (χ4n) is 1.97. The van der Waals surface area contributed by atoms with Gasteiger partial charge in [-0.05, 0) is 12.5 Å². The molecule has 1 aliphatic heterocycles. The van der Waals surface area contributed by atoms with E-state index in [1.807, 2.05) is 30.3 Å². The third-order valence-corrected chi connectivity index (χ3v) is 2.97. The molecule has 1 heterocycles. The van der Waals surface area contributed by atoms with E-state index >= 15 is 0 Å². The summed E-state index contributed by atoms with van der Waals surface area (Å²) in [6.45, 7) is 2.16. The Morgan fingerprint density at radius 3 is 2.71 bits per heavy atom. The van der Waals surface area contributed by atoms with Crippen molar-refractivity contribution in [2.75, 3.05) is 0 Å². The van der Waals surface area contributed by atoms with E-state index in [1.165, 1.54) is 0 Å². The Labute approximate surface area is 101 Å². The molecule has 0 amide bonds. The first-order valence-corrected chi connectivity index (χ1v) is 5.84. The lowest BCUT2D eigenvalue weighted by Gasteiger charge is -2.35. The summed E-state index contributed by atoms with van der Waals surface area (Å²) >= 11 is 0. The standard InChI is InChI=1S/C13H18O4/c1-9-13(15)11(7-12(14)17-9)16-8-10-5-3-2-4-6-10/h2-6,9,11-15H,7-8H2,1H3/t9-,11-,12-,13+/m0/s1. The SMILES string of the molecule is C[C@@H]1O[C@H](O)C[C@H](OCc2ccccc2)[C@@H]1O. The lowest BCUT2D eigenvalue weighted by molar-refractivity contribution is -0.238. The molecule has 1 aliphatic rings. The predicted octanol–water partition coefficient (Wildman–Crippen LogP) is 1.06. The van der Waals surface area contributed by atoms with Gasteiger partial charge in [0, 0.05) is 6.42 Å². The molecule has 0 radical (unpaired) electrons. The van der Waals surface area contributed by atoms with Crippen molar-refractivity contribution < 1.29 is 19.7 Å². The van der Waals surface area contributed by atoms with Gasteiger partial charge >= 0.3 is 0 Å². The number of hydrogen-bond acceptors (Lipinski definition) is 4. The molecule has 0 unspecified atom stereocenters. The van der Waals surface area contributed by atoms with Gasteiger partial charge in [-0.15, -0.1) is 0 Å². The molecule has 2 rings (SSSR count). The first kappa shape index (κ1) is 12.5. The highest BCUT2D eigenvalue weighted by atomic mass is 16.6. The van der Waals surface area contributed by atoms with Crippen molar-refractivity contribution in [3.05, 3.63) is 35.9 Å². The van der Waals surface area contributed by atoms with E-state index < -0.39 is 18.5 Å². The van der Waals surface area contributed by atoms with Crippen molar-refractivity contribution in [2.24, 2.45) is 0 Å². The Bertz CT molecular complexity index is 341. The highest BCUT2D eigenvalue weighted by molar-refractivity contribution is 5.13. The Morgan fingerprint density at radius 1 is 1.29 bits per heavy atom. The topological polar surface area (TPSA) is 58.9 Å². The molecule has 0 spiro atoms. The van der Waals surface area contributed by atoms with Crippen LogP contribution in [0.2, 0.25) is 0 Å². The van der Waals surface area contributed by atoms with E-state index in [9.17, 15) is 10.2 Å². The molecule has 1 aromatic carbocycles. The minimum absolute atomic E-state index is 0.304. The van der Waals surface area contributed by atoms with E-state index in [4.69, 9.17) is 9.47 Å². The summed E-state index contributed by atoms with van der Waals surface area (Å²) in [5.74, 6) is 0. The largest absolute Gasteiger partial charge is 0.388 e. The number of hydrogen-bond donors (Lipinski definition) is 2. The molecule has 1 aromatic rings. The maximum Gasteiger partial charge on any atom is 0.157 e. The Morgan fingerprint density at radius 2 is 2.00 bits per heavy atom. The van der Waals surface area contributed by atoms with Gasteiger partial charge in [-0.1, -0.05) is 30.3 Å². The number of rotatable bonds is 3.